The molecule has 0 bridgehead atoms. The van der Waals surface area contributed by atoms with E-state index in [0.29, 0.717) is 55.6 Å². The van der Waals surface area contributed by atoms with Crippen molar-refractivity contribution in [1.82, 2.24) is 0 Å². The molecular formula is C52H53Cl3F3N7O12. The number of carbonyl (C=O) groups is 3. The Kier molecular flexibility index (Phi) is 29.1. The second-order valence-electron chi connectivity index (χ2n) is 15.2. The van der Waals surface area contributed by atoms with E-state index < -0.39 is 34.4 Å². The maximum Gasteiger partial charge on any atom is 0.416 e. The number of nitrogens with zero attached hydrogens (tertiary/aromatic N) is 4. The first-order chi connectivity index (χ1) is 35.6. The quantitative estimate of drug-likeness (QED) is 0.0239. The summed E-state index contributed by atoms with van der Waals surface area (Å²) in [6.07, 6.45) is 5.63. The third-order valence-corrected chi connectivity index (χ3v) is 9.65. The summed E-state index contributed by atoms with van der Waals surface area (Å²) in [5.74, 6) is 1.42. The average molecular weight is 1130 g/mol. The van der Waals surface area contributed by atoms with Crippen molar-refractivity contribution in [2.45, 2.75) is 26.4 Å². The van der Waals surface area contributed by atoms with Gasteiger partial charge in [0.25, 0.3) is 43.6 Å². The molecule has 0 spiro atoms. The molecule has 3 heterocycles. The maximum absolute atomic E-state index is 12.6. The standard InChI is InChI=1S/C21H20N2O4.C16H15F3N2O3.C15H15N3O5.3ClH/c22-21(24)17-5-4-12-23(15-17)16-25-13-14-26-18-8-10-20(11-9-18)27-19-6-2-1-3-7-19;17-16(18,19)13-4-1-5-14(9-13)24-8-7-23-11-21-6-2-3-12(10-21)15(20)22;16-15(19)12-2-1-7-17(10-12)11-22-8-9-23-14-5-3-13(4-6-14)18(20)21;;;/h1-12,15H,13-14,16H2,(H-,22,24);1-6,9-10H,7-8,11H2,(H-,20,22);1-7,10H,8-9,11H2,(H-,16,19);3*1H. The van der Waals surface area contributed by atoms with Crippen molar-refractivity contribution in [1.29, 1.82) is 0 Å². The van der Waals surface area contributed by atoms with Crippen molar-refractivity contribution in [3.8, 4) is 28.7 Å². The monoisotopic (exact) mass is 1130 g/mol. The van der Waals surface area contributed by atoms with Crippen LogP contribution in [0.5, 0.6) is 28.7 Å². The van der Waals surface area contributed by atoms with Crippen LogP contribution in [0.15, 0.2) is 177 Å². The van der Waals surface area contributed by atoms with E-state index in [1.165, 1.54) is 42.6 Å². The van der Waals surface area contributed by atoms with Gasteiger partial charge < -0.3 is 87.6 Å². The van der Waals surface area contributed by atoms with Crippen LogP contribution in [-0.4, -0.2) is 62.3 Å². The van der Waals surface area contributed by atoms with E-state index in [1.54, 1.807) is 81.1 Å². The molecule has 3 amide bonds. The van der Waals surface area contributed by atoms with Gasteiger partial charge in [0.2, 0.25) is 0 Å². The number of non-ortho nitro benzene ring substituents is 1. The summed E-state index contributed by atoms with van der Waals surface area (Å²) in [6, 6.07) is 37.4. The topological polar surface area (TPSA) is 249 Å². The van der Waals surface area contributed by atoms with Gasteiger partial charge in [-0.25, -0.2) is 0 Å². The Morgan fingerprint density at radius 2 is 0.831 bits per heavy atom. The van der Waals surface area contributed by atoms with Crippen molar-refractivity contribution in [3.05, 3.63) is 209 Å². The second kappa shape index (κ2) is 34.4. The first-order valence-electron chi connectivity index (χ1n) is 22.4. The molecule has 410 valence electrons. The molecule has 0 saturated heterocycles. The number of amides is 3. The number of nitro benzene ring substituents is 1. The molecule has 0 aliphatic rings. The number of aromatic nitrogens is 3. The molecule has 0 saturated carbocycles. The zero-order chi connectivity index (χ0) is 53.1. The van der Waals surface area contributed by atoms with Gasteiger partial charge in [-0.3, -0.25) is 24.5 Å². The Morgan fingerprint density at radius 3 is 1.22 bits per heavy atom. The minimum atomic E-state index is -4.40. The Balaban J connectivity index is 0.000000389. The lowest BCUT2D eigenvalue weighted by atomic mass is 10.2. The number of hydrogen-bond donors (Lipinski definition) is 3. The highest BCUT2D eigenvalue weighted by atomic mass is 35.5. The minimum Gasteiger partial charge on any atom is -1.00 e. The van der Waals surface area contributed by atoms with Gasteiger partial charge in [-0.15, -0.1) is 0 Å². The Hall–Kier alpha value is -8.12. The number of carbonyl (C=O) groups excluding carboxylic acids is 3. The van der Waals surface area contributed by atoms with E-state index in [-0.39, 0.29) is 75.3 Å². The maximum atomic E-state index is 12.6. The molecule has 4 aromatic carbocycles. The van der Waals surface area contributed by atoms with Crippen LogP contribution in [0.2, 0.25) is 0 Å². The SMILES string of the molecule is NC(=O)c1ccc[n+](COCCOc2ccc(Oc3ccccc3)cc2)c1.NC(=O)c1ccc[n+](COCCOc2ccc([N+](=O)[O-])cc2)c1.NC(=O)c1ccc[n+](COCCOc2cccc(C(F)(F)F)c2)c1.[Cl-].[Cl-].[Cl-]. The van der Waals surface area contributed by atoms with Crippen LogP contribution in [-0.2, 0) is 40.6 Å². The van der Waals surface area contributed by atoms with E-state index in [2.05, 4.69) is 0 Å². The molecule has 0 atom stereocenters. The number of primary amides is 3. The summed E-state index contributed by atoms with van der Waals surface area (Å²) < 4.78 is 81.1. The highest BCUT2D eigenvalue weighted by Gasteiger charge is 2.30. The molecule has 77 heavy (non-hydrogen) atoms. The lowest BCUT2D eigenvalue weighted by molar-refractivity contribution is -0.733. The number of rotatable bonds is 24. The van der Waals surface area contributed by atoms with Gasteiger partial charge in [0.15, 0.2) is 37.2 Å². The third kappa shape index (κ3) is 24.4. The molecule has 7 aromatic rings. The molecule has 6 N–H and O–H groups in total. The Labute approximate surface area is 459 Å². The lowest BCUT2D eigenvalue weighted by Gasteiger charge is -2.10. The summed E-state index contributed by atoms with van der Waals surface area (Å²) in [5.41, 5.74) is 16.1. The number of hydrogen-bond acceptors (Lipinski definition) is 12. The summed E-state index contributed by atoms with van der Waals surface area (Å²) in [5, 5.41) is 10.5. The number of para-hydroxylation sites is 1. The number of nitro groups is 1. The number of ether oxygens (including phenoxy) is 7. The number of nitrogens with two attached hydrogens (primary N) is 3. The summed E-state index contributed by atoms with van der Waals surface area (Å²) in [7, 11) is 0. The molecule has 3 aromatic heterocycles. The van der Waals surface area contributed by atoms with Crippen LogP contribution in [0, 0.1) is 10.1 Å². The van der Waals surface area contributed by atoms with E-state index in [0.717, 1.165) is 29.4 Å². The van der Waals surface area contributed by atoms with E-state index in [4.69, 9.17) is 50.4 Å². The summed E-state index contributed by atoms with van der Waals surface area (Å²) >= 11 is 0. The number of benzene rings is 4. The van der Waals surface area contributed by atoms with E-state index in [1.807, 2.05) is 54.6 Å². The normalized spacial score (nSPS) is 10.2. The van der Waals surface area contributed by atoms with Gasteiger partial charge in [-0.2, -0.15) is 26.9 Å². The fourth-order valence-electron chi connectivity index (χ4n) is 6.06. The first kappa shape index (κ1) is 65.0. The van der Waals surface area contributed by atoms with Crippen LogP contribution < -0.4 is 87.1 Å². The van der Waals surface area contributed by atoms with Gasteiger partial charge in [0.05, 0.1) is 30.3 Å². The first-order valence-corrected chi connectivity index (χ1v) is 22.4. The van der Waals surface area contributed by atoms with Crippen molar-refractivity contribution in [2.75, 3.05) is 39.6 Å². The lowest BCUT2D eigenvalue weighted by Crippen LogP contribution is -3.00. The van der Waals surface area contributed by atoms with Crippen molar-refractivity contribution in [3.63, 3.8) is 0 Å². The van der Waals surface area contributed by atoms with Crippen molar-refractivity contribution >= 4 is 23.4 Å². The fraction of sp³-hybridized carbons (Fsp3) is 0.192. The molecule has 0 fully saturated rings. The van der Waals surface area contributed by atoms with Crippen LogP contribution in [0.1, 0.15) is 36.6 Å². The van der Waals surface area contributed by atoms with E-state index in [9.17, 15) is 37.7 Å². The number of alkyl halides is 3. The van der Waals surface area contributed by atoms with Crippen molar-refractivity contribution in [2.24, 2.45) is 17.2 Å². The van der Waals surface area contributed by atoms with Gasteiger partial charge in [0.1, 0.15) is 65.3 Å². The van der Waals surface area contributed by atoms with Gasteiger partial charge in [0, 0.05) is 30.3 Å². The van der Waals surface area contributed by atoms with Crippen LogP contribution in [0.3, 0.4) is 0 Å². The minimum absolute atomic E-state index is 0. The van der Waals surface area contributed by atoms with Crippen LogP contribution >= 0.6 is 0 Å². The molecule has 19 nitrogen and oxygen atoms in total. The number of pyridine rings is 3. The largest absolute Gasteiger partial charge is 1.00 e. The summed E-state index contributed by atoms with van der Waals surface area (Å²) in [6.45, 7) is 2.44. The molecule has 0 radical (unpaired) electrons. The summed E-state index contributed by atoms with van der Waals surface area (Å²) in [4.78, 5) is 43.3. The molecule has 0 aliphatic carbocycles. The molecule has 0 aliphatic heterocycles. The van der Waals surface area contributed by atoms with Gasteiger partial charge in [-0.1, -0.05) is 24.3 Å². The van der Waals surface area contributed by atoms with Gasteiger partial charge >= 0.3 is 6.18 Å². The second-order valence-corrected chi connectivity index (χ2v) is 15.2. The highest BCUT2D eigenvalue weighted by molar-refractivity contribution is 5.92. The highest BCUT2D eigenvalue weighted by Crippen LogP contribution is 2.31. The fourth-order valence-corrected chi connectivity index (χ4v) is 6.06. The third-order valence-electron chi connectivity index (χ3n) is 9.65. The number of halogens is 6. The zero-order valence-corrected chi connectivity index (χ0v) is 43.1. The van der Waals surface area contributed by atoms with Crippen LogP contribution in [0.4, 0.5) is 18.9 Å². The molecule has 0 unspecified atom stereocenters. The Bertz CT molecular complexity index is 2900. The Morgan fingerprint density at radius 1 is 0.468 bits per heavy atom. The smallest absolute Gasteiger partial charge is 0.416 e. The predicted molar refractivity (Wildman–Crippen MR) is 257 cm³/mol. The molecular weight excluding hydrogens is 1080 g/mol. The zero-order valence-electron chi connectivity index (χ0n) is 40.8. The van der Waals surface area contributed by atoms with Gasteiger partial charge in [-0.05, 0) is 84.9 Å². The average Bonchev–Trinajstić information content (AvgIpc) is 3.40. The molecule has 25 heteroatoms. The van der Waals surface area contributed by atoms with E-state index >= 15 is 0 Å². The molecule has 7 rings (SSSR count). The predicted octanol–water partition coefficient (Wildman–Crippen LogP) is -2.89. The van der Waals surface area contributed by atoms with Crippen LogP contribution in [0.25, 0.3) is 0 Å². The van der Waals surface area contributed by atoms with Crippen molar-refractivity contribution < 1.29 is 117 Å².